The summed E-state index contributed by atoms with van der Waals surface area (Å²) in [6.45, 7) is 0.356. The van der Waals surface area contributed by atoms with Crippen LogP contribution in [0.2, 0.25) is 5.02 Å². The molecule has 0 aliphatic heterocycles. The zero-order valence-electron chi connectivity index (χ0n) is 21.6. The first-order valence-electron chi connectivity index (χ1n) is 12.2. The average molecular weight is 539 g/mol. The molecule has 0 fully saturated rings. The van der Waals surface area contributed by atoms with Gasteiger partial charge in [-0.15, -0.1) is 0 Å². The van der Waals surface area contributed by atoms with Gasteiger partial charge in [0.25, 0.3) is 11.8 Å². The standard InChI is InChI=1S/C29H31ClN2O6/c1-31(28(35)20-10-6-4-7-11-20)22-14-15-23(25(19-22)37-3)29(36)32(2)24-16-13-21(30)18-26(24)38-17-9-5-8-12-27(33)34/h4,6-7,10-11,13-16,18-19H,5,8-9,12,17H2,1-3H3,(H,33,34). The molecule has 0 saturated carbocycles. The first-order chi connectivity index (χ1) is 18.2. The van der Waals surface area contributed by atoms with Crippen molar-refractivity contribution in [1.82, 2.24) is 0 Å². The van der Waals surface area contributed by atoms with Crippen LogP contribution in [-0.4, -0.2) is 50.7 Å². The number of halogens is 1. The molecule has 0 aliphatic rings. The van der Waals surface area contributed by atoms with Gasteiger partial charge in [0.2, 0.25) is 0 Å². The number of methoxy groups -OCH3 is 1. The molecule has 3 rings (SSSR count). The quantitative estimate of drug-likeness (QED) is 0.287. The number of carboxylic acids is 1. The van der Waals surface area contributed by atoms with Crippen LogP contribution in [0.25, 0.3) is 0 Å². The molecule has 3 aromatic carbocycles. The number of unbranched alkanes of at least 4 members (excludes halogenated alkanes) is 2. The summed E-state index contributed by atoms with van der Waals surface area (Å²) in [5, 5.41) is 9.23. The van der Waals surface area contributed by atoms with Crippen molar-refractivity contribution in [3.05, 3.63) is 82.9 Å². The molecule has 0 radical (unpaired) electrons. The number of benzene rings is 3. The minimum absolute atomic E-state index is 0.122. The molecule has 9 heteroatoms. The van der Waals surface area contributed by atoms with Crippen molar-refractivity contribution in [1.29, 1.82) is 0 Å². The number of rotatable bonds is 12. The molecule has 0 atom stereocenters. The zero-order valence-corrected chi connectivity index (χ0v) is 22.4. The van der Waals surface area contributed by atoms with Gasteiger partial charge >= 0.3 is 5.97 Å². The Kier molecular flexibility index (Phi) is 10.1. The highest BCUT2D eigenvalue weighted by Gasteiger charge is 2.23. The van der Waals surface area contributed by atoms with Crippen LogP contribution in [0.15, 0.2) is 66.7 Å². The third-order valence-corrected chi connectivity index (χ3v) is 6.24. The van der Waals surface area contributed by atoms with E-state index >= 15 is 0 Å². The molecule has 8 nitrogen and oxygen atoms in total. The third kappa shape index (κ3) is 7.26. The highest BCUT2D eigenvalue weighted by atomic mass is 35.5. The number of nitrogens with zero attached hydrogens (tertiary/aromatic N) is 2. The van der Waals surface area contributed by atoms with Gasteiger partial charge in [0.05, 0.1) is 25.0 Å². The van der Waals surface area contributed by atoms with Crippen LogP contribution < -0.4 is 19.3 Å². The van der Waals surface area contributed by atoms with E-state index in [1.165, 1.54) is 16.9 Å². The summed E-state index contributed by atoms with van der Waals surface area (Å²) < 4.78 is 11.4. The highest BCUT2D eigenvalue weighted by Crippen LogP contribution is 2.34. The fraction of sp³-hybridized carbons (Fsp3) is 0.276. The number of hydrogen-bond donors (Lipinski definition) is 1. The summed E-state index contributed by atoms with van der Waals surface area (Å²) in [7, 11) is 4.76. The predicted octanol–water partition coefficient (Wildman–Crippen LogP) is 5.93. The number of aliphatic carboxylic acids is 1. The fourth-order valence-electron chi connectivity index (χ4n) is 3.86. The summed E-state index contributed by atoms with van der Waals surface area (Å²) in [5.74, 6) is -0.577. The fourth-order valence-corrected chi connectivity index (χ4v) is 4.03. The van der Waals surface area contributed by atoms with Gasteiger partial charge in [-0.2, -0.15) is 0 Å². The summed E-state index contributed by atoms with van der Waals surface area (Å²) in [4.78, 5) is 40.0. The highest BCUT2D eigenvalue weighted by molar-refractivity contribution is 6.30. The number of hydrogen-bond acceptors (Lipinski definition) is 5. The molecule has 0 saturated heterocycles. The van der Waals surface area contributed by atoms with E-state index in [2.05, 4.69) is 0 Å². The van der Waals surface area contributed by atoms with Crippen LogP contribution in [0.1, 0.15) is 46.4 Å². The van der Waals surface area contributed by atoms with E-state index in [1.54, 1.807) is 74.8 Å². The maximum atomic E-state index is 13.5. The van der Waals surface area contributed by atoms with E-state index in [4.69, 9.17) is 26.2 Å². The Bertz CT molecular complexity index is 1280. The van der Waals surface area contributed by atoms with Crippen molar-refractivity contribution < 1.29 is 29.0 Å². The lowest BCUT2D eigenvalue weighted by Crippen LogP contribution is -2.28. The van der Waals surface area contributed by atoms with Crippen molar-refractivity contribution in [2.24, 2.45) is 0 Å². The number of carboxylic acid groups (broad SMARTS) is 1. The second kappa shape index (κ2) is 13.5. The molecule has 0 aromatic heterocycles. The van der Waals surface area contributed by atoms with E-state index in [1.807, 2.05) is 6.07 Å². The van der Waals surface area contributed by atoms with Crippen LogP contribution in [0.4, 0.5) is 11.4 Å². The predicted molar refractivity (Wildman–Crippen MR) is 148 cm³/mol. The third-order valence-electron chi connectivity index (χ3n) is 6.01. The Morgan fingerprint density at radius 1 is 0.842 bits per heavy atom. The second-order valence-electron chi connectivity index (χ2n) is 8.64. The molecule has 0 bridgehead atoms. The van der Waals surface area contributed by atoms with E-state index in [9.17, 15) is 14.4 Å². The number of anilines is 2. The van der Waals surface area contributed by atoms with Crippen molar-refractivity contribution >= 4 is 40.8 Å². The van der Waals surface area contributed by atoms with E-state index in [0.29, 0.717) is 64.9 Å². The van der Waals surface area contributed by atoms with E-state index < -0.39 is 5.97 Å². The minimum atomic E-state index is -0.818. The summed E-state index contributed by atoms with van der Waals surface area (Å²) >= 11 is 6.18. The molecular formula is C29H31ClN2O6. The van der Waals surface area contributed by atoms with E-state index in [-0.39, 0.29) is 18.2 Å². The number of amides is 2. The Labute approximate surface area is 227 Å². The van der Waals surface area contributed by atoms with Crippen LogP contribution in [0, 0.1) is 0 Å². The van der Waals surface area contributed by atoms with Crippen molar-refractivity contribution in [3.8, 4) is 11.5 Å². The number of carbonyl (C=O) groups excluding carboxylic acids is 2. The van der Waals surface area contributed by atoms with Crippen LogP contribution in [0.3, 0.4) is 0 Å². The molecule has 1 N–H and O–H groups in total. The van der Waals surface area contributed by atoms with Gasteiger partial charge in [-0.3, -0.25) is 14.4 Å². The Morgan fingerprint density at radius 2 is 1.58 bits per heavy atom. The molecule has 200 valence electrons. The molecule has 0 heterocycles. The van der Waals surface area contributed by atoms with Gasteiger partial charge < -0.3 is 24.4 Å². The monoisotopic (exact) mass is 538 g/mol. The summed E-state index contributed by atoms with van der Waals surface area (Å²) in [6.07, 6.45) is 2.07. The van der Waals surface area contributed by atoms with Crippen molar-refractivity contribution in [2.75, 3.05) is 37.6 Å². The summed E-state index contributed by atoms with van der Waals surface area (Å²) in [6, 6.07) is 18.9. The van der Waals surface area contributed by atoms with Gasteiger partial charge in [-0.1, -0.05) is 29.8 Å². The van der Waals surface area contributed by atoms with Crippen LogP contribution >= 0.6 is 11.6 Å². The maximum absolute atomic E-state index is 13.5. The van der Waals surface area contributed by atoms with Gasteiger partial charge in [0.1, 0.15) is 11.5 Å². The van der Waals surface area contributed by atoms with Crippen molar-refractivity contribution in [2.45, 2.75) is 25.7 Å². The first-order valence-corrected chi connectivity index (χ1v) is 12.5. The Balaban J connectivity index is 1.77. The topological polar surface area (TPSA) is 96.4 Å². The van der Waals surface area contributed by atoms with Crippen molar-refractivity contribution in [3.63, 3.8) is 0 Å². The van der Waals surface area contributed by atoms with Crippen LogP contribution in [-0.2, 0) is 4.79 Å². The van der Waals surface area contributed by atoms with Crippen LogP contribution in [0.5, 0.6) is 11.5 Å². The lowest BCUT2D eigenvalue weighted by Gasteiger charge is -2.23. The molecular weight excluding hydrogens is 508 g/mol. The molecule has 3 aromatic rings. The molecule has 0 unspecified atom stereocenters. The number of carbonyl (C=O) groups is 3. The number of ether oxygens (including phenoxy) is 2. The largest absolute Gasteiger partial charge is 0.496 e. The Hall–Kier alpha value is -4.04. The zero-order chi connectivity index (χ0) is 27.7. The SMILES string of the molecule is COc1cc(N(C)C(=O)c2ccccc2)ccc1C(=O)N(C)c1ccc(Cl)cc1OCCCCCC(=O)O. The van der Waals surface area contributed by atoms with Gasteiger partial charge in [0, 0.05) is 48.9 Å². The van der Waals surface area contributed by atoms with Gasteiger partial charge in [0.15, 0.2) is 0 Å². The molecule has 2 amide bonds. The van der Waals surface area contributed by atoms with Gasteiger partial charge in [-0.05, 0) is 55.7 Å². The molecule has 0 aliphatic carbocycles. The Morgan fingerprint density at radius 3 is 2.26 bits per heavy atom. The molecule has 38 heavy (non-hydrogen) atoms. The molecule has 0 spiro atoms. The first kappa shape index (κ1) is 28.5. The lowest BCUT2D eigenvalue weighted by atomic mass is 10.1. The normalized spacial score (nSPS) is 10.5. The van der Waals surface area contributed by atoms with E-state index in [0.717, 1.165) is 0 Å². The maximum Gasteiger partial charge on any atom is 0.303 e. The summed E-state index contributed by atoms with van der Waals surface area (Å²) in [5.41, 5.74) is 1.96. The van der Waals surface area contributed by atoms with Gasteiger partial charge in [-0.25, -0.2) is 0 Å². The minimum Gasteiger partial charge on any atom is -0.496 e. The lowest BCUT2D eigenvalue weighted by molar-refractivity contribution is -0.137. The average Bonchev–Trinajstić information content (AvgIpc) is 2.93. The second-order valence-corrected chi connectivity index (χ2v) is 9.08. The smallest absolute Gasteiger partial charge is 0.303 e.